The molecule has 0 radical (unpaired) electrons. The van der Waals surface area contributed by atoms with Crippen molar-refractivity contribution in [2.24, 2.45) is 0 Å². The molecule has 2 heterocycles. The van der Waals surface area contributed by atoms with Gasteiger partial charge in [0.1, 0.15) is 11.3 Å². The van der Waals surface area contributed by atoms with Gasteiger partial charge in [-0.05, 0) is 32.3 Å². The Kier molecular flexibility index (Phi) is 5.02. The topological polar surface area (TPSA) is 78.7 Å². The van der Waals surface area contributed by atoms with Crippen molar-refractivity contribution in [3.63, 3.8) is 0 Å². The summed E-state index contributed by atoms with van der Waals surface area (Å²) in [6.07, 6.45) is 1.50. The second kappa shape index (κ2) is 7.38. The Hall–Kier alpha value is -2.83. The van der Waals surface area contributed by atoms with Gasteiger partial charge in [-0.1, -0.05) is 35.5 Å². The van der Waals surface area contributed by atoms with E-state index in [9.17, 15) is 9.59 Å². The molecule has 1 aliphatic rings. The zero-order valence-electron chi connectivity index (χ0n) is 14.5. The third-order valence-electron chi connectivity index (χ3n) is 4.28. The number of carbonyl (C=O) groups is 2. The van der Waals surface area contributed by atoms with Gasteiger partial charge in [-0.15, -0.1) is 0 Å². The van der Waals surface area contributed by atoms with E-state index in [1.807, 2.05) is 30.3 Å². The van der Waals surface area contributed by atoms with E-state index in [1.165, 1.54) is 10.0 Å². The van der Waals surface area contributed by atoms with Gasteiger partial charge in [0.15, 0.2) is 0 Å². The number of carbonyl (C=O) groups excluding carboxylic acids is 2. The number of urea groups is 1. The third-order valence-corrected chi connectivity index (χ3v) is 4.28. The molecule has 0 atom stereocenters. The van der Waals surface area contributed by atoms with E-state index in [-0.39, 0.29) is 11.9 Å². The summed E-state index contributed by atoms with van der Waals surface area (Å²) < 4.78 is 5.07. The maximum atomic E-state index is 12.8. The van der Waals surface area contributed by atoms with E-state index in [2.05, 4.69) is 10.5 Å². The van der Waals surface area contributed by atoms with Gasteiger partial charge >= 0.3 is 6.03 Å². The summed E-state index contributed by atoms with van der Waals surface area (Å²) in [5, 5.41) is 9.65. The van der Waals surface area contributed by atoms with Crippen LogP contribution in [0.1, 0.15) is 33.8 Å². The highest BCUT2D eigenvalue weighted by atomic mass is 16.5. The second-order valence-electron chi connectivity index (χ2n) is 6.07. The Morgan fingerprint density at radius 3 is 2.56 bits per heavy atom. The Morgan fingerprint density at radius 2 is 1.88 bits per heavy atom. The lowest BCUT2D eigenvalue weighted by Crippen LogP contribution is -2.49. The average Bonchev–Trinajstić information content (AvgIpc) is 3.22. The number of hydrogen-bond acceptors (Lipinski definition) is 4. The summed E-state index contributed by atoms with van der Waals surface area (Å²) in [6.45, 7) is 4.98. The fourth-order valence-electron chi connectivity index (χ4n) is 3.00. The van der Waals surface area contributed by atoms with Crippen LogP contribution in [0.5, 0.6) is 0 Å². The molecule has 7 nitrogen and oxygen atoms in total. The van der Waals surface area contributed by atoms with Gasteiger partial charge in [0.05, 0.1) is 5.69 Å². The second-order valence-corrected chi connectivity index (χ2v) is 6.07. The number of hydrogen-bond donors (Lipinski definition) is 1. The van der Waals surface area contributed by atoms with Crippen molar-refractivity contribution in [1.82, 2.24) is 20.5 Å². The minimum Gasteiger partial charge on any atom is -0.361 e. The van der Waals surface area contributed by atoms with E-state index in [0.717, 1.165) is 18.4 Å². The molecule has 3 rings (SSSR count). The van der Waals surface area contributed by atoms with Crippen LogP contribution in [-0.4, -0.2) is 46.7 Å². The Morgan fingerprint density at radius 1 is 1.16 bits per heavy atom. The molecule has 1 aliphatic heterocycles. The SMILES string of the molecule is Cc1noc(C)c1C(=O)N1CCCN1C(=O)NCCc1ccccc1. The monoisotopic (exact) mass is 342 g/mol. The first-order valence-electron chi connectivity index (χ1n) is 8.42. The van der Waals surface area contributed by atoms with E-state index in [4.69, 9.17) is 4.52 Å². The molecule has 1 aromatic heterocycles. The van der Waals surface area contributed by atoms with Gasteiger partial charge in [0.25, 0.3) is 5.91 Å². The van der Waals surface area contributed by atoms with Crippen LogP contribution in [0.15, 0.2) is 34.9 Å². The number of amides is 3. The van der Waals surface area contributed by atoms with Crippen molar-refractivity contribution in [2.75, 3.05) is 19.6 Å². The summed E-state index contributed by atoms with van der Waals surface area (Å²) in [5.74, 6) is 0.228. The number of hydrazine groups is 1. The molecule has 0 saturated carbocycles. The molecule has 1 saturated heterocycles. The van der Waals surface area contributed by atoms with Crippen LogP contribution in [0.2, 0.25) is 0 Å². The summed E-state index contributed by atoms with van der Waals surface area (Å²) in [6, 6.07) is 9.70. The number of rotatable bonds is 4. The summed E-state index contributed by atoms with van der Waals surface area (Å²) in [7, 11) is 0. The Bertz CT molecular complexity index is 737. The fourth-order valence-corrected chi connectivity index (χ4v) is 3.00. The molecule has 0 unspecified atom stereocenters. The zero-order valence-corrected chi connectivity index (χ0v) is 14.5. The largest absolute Gasteiger partial charge is 0.361 e. The molecule has 1 fully saturated rings. The first-order chi connectivity index (χ1) is 12.1. The molecule has 25 heavy (non-hydrogen) atoms. The molecule has 2 aromatic rings. The van der Waals surface area contributed by atoms with Crippen LogP contribution in [0.3, 0.4) is 0 Å². The van der Waals surface area contributed by atoms with Gasteiger partial charge in [-0.3, -0.25) is 4.79 Å². The normalized spacial score (nSPS) is 14.0. The van der Waals surface area contributed by atoms with Crippen LogP contribution in [-0.2, 0) is 6.42 Å². The van der Waals surface area contributed by atoms with Crippen LogP contribution in [0.4, 0.5) is 4.79 Å². The minimum absolute atomic E-state index is 0.244. The lowest BCUT2D eigenvalue weighted by atomic mass is 10.1. The maximum Gasteiger partial charge on any atom is 0.336 e. The molecule has 3 amide bonds. The predicted octanol–water partition coefficient (Wildman–Crippen LogP) is 2.31. The molecule has 1 aromatic carbocycles. The van der Waals surface area contributed by atoms with Crippen molar-refractivity contribution in [3.8, 4) is 0 Å². The first-order valence-corrected chi connectivity index (χ1v) is 8.42. The van der Waals surface area contributed by atoms with Crippen molar-refractivity contribution in [1.29, 1.82) is 0 Å². The minimum atomic E-state index is -0.256. The van der Waals surface area contributed by atoms with E-state index in [0.29, 0.717) is 36.7 Å². The number of aryl methyl sites for hydroxylation is 2. The molecular formula is C18H22N4O3. The lowest BCUT2D eigenvalue weighted by Gasteiger charge is -2.27. The van der Waals surface area contributed by atoms with Crippen molar-refractivity contribution in [2.45, 2.75) is 26.7 Å². The smallest absolute Gasteiger partial charge is 0.336 e. The van der Waals surface area contributed by atoms with Crippen LogP contribution in [0.25, 0.3) is 0 Å². The fraction of sp³-hybridized carbons (Fsp3) is 0.389. The standard InChI is InChI=1S/C18H22N4O3/c1-13-16(14(2)25-20-13)17(23)21-11-6-12-22(21)18(24)19-10-9-15-7-4-3-5-8-15/h3-5,7-8H,6,9-12H2,1-2H3,(H,19,24). The van der Waals surface area contributed by atoms with Gasteiger partial charge < -0.3 is 9.84 Å². The number of benzene rings is 1. The van der Waals surface area contributed by atoms with Crippen molar-refractivity contribution < 1.29 is 14.1 Å². The number of nitrogens with one attached hydrogen (secondary N) is 1. The quantitative estimate of drug-likeness (QED) is 0.925. The highest BCUT2D eigenvalue weighted by Crippen LogP contribution is 2.20. The summed E-state index contributed by atoms with van der Waals surface area (Å²) in [5.41, 5.74) is 2.13. The van der Waals surface area contributed by atoms with Crippen LogP contribution in [0, 0.1) is 13.8 Å². The van der Waals surface area contributed by atoms with Crippen molar-refractivity contribution >= 4 is 11.9 Å². The average molecular weight is 342 g/mol. The lowest BCUT2D eigenvalue weighted by molar-refractivity contribution is 0.0375. The number of nitrogens with zero attached hydrogens (tertiary/aromatic N) is 3. The molecule has 132 valence electrons. The van der Waals surface area contributed by atoms with E-state index in [1.54, 1.807) is 13.8 Å². The third kappa shape index (κ3) is 3.65. The molecule has 0 bridgehead atoms. The molecule has 0 spiro atoms. The highest BCUT2D eigenvalue weighted by molar-refractivity contribution is 5.97. The first kappa shape index (κ1) is 17.0. The molecular weight excluding hydrogens is 320 g/mol. The van der Waals surface area contributed by atoms with Gasteiger partial charge in [0, 0.05) is 19.6 Å². The summed E-state index contributed by atoms with van der Waals surface area (Å²) >= 11 is 0. The van der Waals surface area contributed by atoms with Gasteiger partial charge in [0.2, 0.25) is 0 Å². The Labute approximate surface area is 146 Å². The van der Waals surface area contributed by atoms with Crippen LogP contribution < -0.4 is 5.32 Å². The maximum absolute atomic E-state index is 12.8. The zero-order chi connectivity index (χ0) is 17.8. The van der Waals surface area contributed by atoms with Gasteiger partial charge in [-0.2, -0.15) is 0 Å². The molecule has 0 aliphatic carbocycles. The molecule has 1 N–H and O–H groups in total. The number of aromatic nitrogens is 1. The Balaban J connectivity index is 1.61. The highest BCUT2D eigenvalue weighted by Gasteiger charge is 2.33. The molecule has 7 heteroatoms. The predicted molar refractivity (Wildman–Crippen MR) is 91.9 cm³/mol. The van der Waals surface area contributed by atoms with E-state index >= 15 is 0 Å². The van der Waals surface area contributed by atoms with Gasteiger partial charge in [-0.25, -0.2) is 14.8 Å². The summed E-state index contributed by atoms with van der Waals surface area (Å²) in [4.78, 5) is 25.2. The van der Waals surface area contributed by atoms with Crippen LogP contribution >= 0.6 is 0 Å². The van der Waals surface area contributed by atoms with E-state index < -0.39 is 0 Å². The van der Waals surface area contributed by atoms with Crippen molar-refractivity contribution in [3.05, 3.63) is 52.9 Å².